The van der Waals surface area contributed by atoms with E-state index >= 15 is 0 Å². The molecule has 1 N–H and O–H groups in total. The zero-order valence-corrected chi connectivity index (χ0v) is 26.1. The van der Waals surface area contributed by atoms with E-state index in [0.717, 1.165) is 38.6 Å². The minimum absolute atomic E-state index is 0.0602. The number of hydrogen-bond donors (Lipinski definition) is 1. The topological polar surface area (TPSA) is 96.0 Å². The van der Waals surface area contributed by atoms with Gasteiger partial charge < -0.3 is 15.0 Å². The highest BCUT2D eigenvalue weighted by Crippen LogP contribution is 2.27. The number of amides is 2. The fourth-order valence-electron chi connectivity index (χ4n) is 4.03. The quantitative estimate of drug-likeness (QED) is 0.296. The van der Waals surface area contributed by atoms with Gasteiger partial charge >= 0.3 is 0 Å². The number of nitrogens with zero attached hydrogens (tertiary/aromatic N) is 2. The predicted octanol–water partition coefficient (Wildman–Crippen LogP) is 5.51. The van der Waals surface area contributed by atoms with Crippen molar-refractivity contribution in [1.29, 1.82) is 0 Å². The van der Waals surface area contributed by atoms with E-state index in [1.54, 1.807) is 19.1 Å². The molecular formula is C30H35BrFN3O5S. The molecule has 0 fully saturated rings. The molecule has 11 heteroatoms. The standard InChI is InChI=1S/C30H35BrFN3O5S/c1-6-40-26-14-12-25(13-15-26)35(41(38,39)27-16-10-24(32)11-17-27)20-28(36)34(19-22-8-7-9-23(31)18-22)21(2)29(37)33-30(3,4)5/h7-18,21H,6,19-20H2,1-5H3,(H,33,37). The highest BCUT2D eigenvalue weighted by molar-refractivity contribution is 9.10. The molecule has 3 rings (SSSR count). The van der Waals surface area contributed by atoms with Crippen molar-refractivity contribution >= 4 is 43.5 Å². The summed E-state index contributed by atoms with van der Waals surface area (Å²) in [7, 11) is -4.31. The van der Waals surface area contributed by atoms with E-state index < -0.39 is 39.9 Å². The normalized spacial score (nSPS) is 12.4. The number of benzene rings is 3. The van der Waals surface area contributed by atoms with Gasteiger partial charge in [-0.2, -0.15) is 0 Å². The Bertz CT molecular complexity index is 1460. The van der Waals surface area contributed by atoms with Gasteiger partial charge in [0.25, 0.3) is 10.0 Å². The molecule has 1 atom stereocenters. The molecule has 41 heavy (non-hydrogen) atoms. The molecule has 3 aromatic rings. The summed E-state index contributed by atoms with van der Waals surface area (Å²) in [6.45, 7) is 8.82. The average Bonchev–Trinajstić information content (AvgIpc) is 2.90. The highest BCUT2D eigenvalue weighted by Gasteiger charge is 2.33. The van der Waals surface area contributed by atoms with Gasteiger partial charge in [0.15, 0.2) is 0 Å². The smallest absolute Gasteiger partial charge is 0.264 e. The number of sulfonamides is 1. The van der Waals surface area contributed by atoms with E-state index in [4.69, 9.17) is 4.74 Å². The SMILES string of the molecule is CCOc1ccc(N(CC(=O)N(Cc2cccc(Br)c2)C(C)C(=O)NC(C)(C)C)S(=O)(=O)c2ccc(F)cc2)cc1. The first-order valence-electron chi connectivity index (χ1n) is 13.1. The van der Waals surface area contributed by atoms with Crippen molar-refractivity contribution in [2.45, 2.75) is 57.6 Å². The second-order valence-corrected chi connectivity index (χ2v) is 13.2. The Morgan fingerprint density at radius 3 is 2.22 bits per heavy atom. The van der Waals surface area contributed by atoms with Crippen LogP contribution in [0.5, 0.6) is 5.75 Å². The van der Waals surface area contributed by atoms with Crippen LogP contribution in [0.3, 0.4) is 0 Å². The Hall–Kier alpha value is -3.44. The molecule has 0 aromatic heterocycles. The number of ether oxygens (including phenoxy) is 1. The Balaban J connectivity index is 2.04. The number of halogens is 2. The van der Waals surface area contributed by atoms with Crippen molar-refractivity contribution in [3.8, 4) is 5.75 Å². The maximum Gasteiger partial charge on any atom is 0.264 e. The molecule has 0 heterocycles. The van der Waals surface area contributed by atoms with E-state index in [2.05, 4.69) is 21.2 Å². The molecule has 0 bridgehead atoms. The summed E-state index contributed by atoms with van der Waals surface area (Å²) in [5.41, 5.74) is 0.410. The Morgan fingerprint density at radius 2 is 1.66 bits per heavy atom. The minimum Gasteiger partial charge on any atom is -0.494 e. The summed E-state index contributed by atoms with van der Waals surface area (Å²) < 4.78 is 48.5. The van der Waals surface area contributed by atoms with Crippen LogP contribution in [-0.2, 0) is 26.2 Å². The van der Waals surface area contributed by atoms with Gasteiger partial charge in [0.2, 0.25) is 11.8 Å². The second-order valence-electron chi connectivity index (χ2n) is 10.5. The maximum absolute atomic E-state index is 14.0. The Morgan fingerprint density at radius 1 is 1.02 bits per heavy atom. The predicted molar refractivity (Wildman–Crippen MR) is 161 cm³/mol. The largest absolute Gasteiger partial charge is 0.494 e. The fraction of sp³-hybridized carbons (Fsp3) is 0.333. The number of nitrogens with one attached hydrogen (secondary N) is 1. The zero-order chi connectivity index (χ0) is 30.4. The van der Waals surface area contributed by atoms with Crippen molar-refractivity contribution in [3.05, 3.63) is 88.6 Å². The molecule has 3 aromatic carbocycles. The highest BCUT2D eigenvalue weighted by atomic mass is 79.9. The lowest BCUT2D eigenvalue weighted by Crippen LogP contribution is -2.54. The zero-order valence-electron chi connectivity index (χ0n) is 23.7. The molecule has 8 nitrogen and oxygen atoms in total. The molecule has 0 spiro atoms. The molecule has 0 radical (unpaired) electrons. The van der Waals surface area contributed by atoms with E-state index in [1.807, 2.05) is 52.0 Å². The van der Waals surface area contributed by atoms with Crippen molar-refractivity contribution in [1.82, 2.24) is 10.2 Å². The van der Waals surface area contributed by atoms with Gasteiger partial charge in [0.1, 0.15) is 24.2 Å². The van der Waals surface area contributed by atoms with E-state index in [9.17, 15) is 22.4 Å². The van der Waals surface area contributed by atoms with E-state index in [1.165, 1.54) is 17.0 Å². The summed E-state index contributed by atoms with van der Waals surface area (Å²) in [5, 5.41) is 2.89. The van der Waals surface area contributed by atoms with Gasteiger partial charge in [-0.15, -0.1) is 0 Å². The molecule has 2 amide bonds. The van der Waals surface area contributed by atoms with Crippen LogP contribution in [-0.4, -0.2) is 49.9 Å². The summed E-state index contributed by atoms with van der Waals surface area (Å²) >= 11 is 3.43. The molecule has 1 unspecified atom stereocenters. The Labute approximate surface area is 249 Å². The van der Waals surface area contributed by atoms with Crippen molar-refractivity contribution in [2.24, 2.45) is 0 Å². The third-order valence-electron chi connectivity index (χ3n) is 6.02. The minimum atomic E-state index is -4.31. The summed E-state index contributed by atoms with van der Waals surface area (Å²) in [4.78, 5) is 28.3. The van der Waals surface area contributed by atoms with Crippen LogP contribution in [0.1, 0.15) is 40.2 Å². The van der Waals surface area contributed by atoms with Crippen LogP contribution in [0.15, 0.2) is 82.2 Å². The summed E-state index contributed by atoms with van der Waals surface area (Å²) in [5.74, 6) is -1.03. The van der Waals surface area contributed by atoms with Crippen LogP contribution in [0.4, 0.5) is 10.1 Å². The number of anilines is 1. The van der Waals surface area contributed by atoms with Crippen LogP contribution >= 0.6 is 15.9 Å². The monoisotopic (exact) mass is 647 g/mol. The molecule has 0 aliphatic rings. The molecule has 0 aliphatic carbocycles. The molecule has 0 saturated heterocycles. The lowest BCUT2D eigenvalue weighted by Gasteiger charge is -2.33. The van der Waals surface area contributed by atoms with E-state index in [0.29, 0.717) is 12.4 Å². The summed E-state index contributed by atoms with van der Waals surface area (Å²) in [6, 6.07) is 17.1. The first kappa shape index (κ1) is 32.1. The lowest BCUT2D eigenvalue weighted by atomic mass is 10.1. The molecule has 220 valence electrons. The lowest BCUT2D eigenvalue weighted by molar-refractivity contribution is -0.140. The molecule has 0 saturated carbocycles. The van der Waals surface area contributed by atoms with Gasteiger partial charge in [-0.1, -0.05) is 28.1 Å². The van der Waals surface area contributed by atoms with Gasteiger partial charge in [-0.25, -0.2) is 12.8 Å². The number of carbonyl (C=O) groups excluding carboxylic acids is 2. The maximum atomic E-state index is 14.0. The van der Waals surface area contributed by atoms with Crippen LogP contribution in [0.25, 0.3) is 0 Å². The number of hydrogen-bond acceptors (Lipinski definition) is 5. The second kappa shape index (κ2) is 13.5. The van der Waals surface area contributed by atoms with E-state index in [-0.39, 0.29) is 23.0 Å². The average molecular weight is 649 g/mol. The number of carbonyl (C=O) groups is 2. The van der Waals surface area contributed by atoms with Gasteiger partial charge in [0.05, 0.1) is 17.2 Å². The van der Waals surface area contributed by atoms with Gasteiger partial charge in [0, 0.05) is 16.6 Å². The molecule has 0 aliphatic heterocycles. The summed E-state index contributed by atoms with van der Waals surface area (Å²) in [6.07, 6.45) is 0. The van der Waals surface area contributed by atoms with Crippen LogP contribution in [0.2, 0.25) is 0 Å². The third-order valence-corrected chi connectivity index (χ3v) is 8.30. The van der Waals surface area contributed by atoms with Crippen LogP contribution < -0.4 is 14.4 Å². The first-order chi connectivity index (χ1) is 19.2. The number of rotatable bonds is 11. The van der Waals surface area contributed by atoms with Gasteiger partial charge in [-0.3, -0.25) is 13.9 Å². The molecular weight excluding hydrogens is 613 g/mol. The van der Waals surface area contributed by atoms with Crippen molar-refractivity contribution < 1.29 is 27.1 Å². The van der Waals surface area contributed by atoms with Gasteiger partial charge in [-0.05, 0) is 101 Å². The first-order valence-corrected chi connectivity index (χ1v) is 15.3. The third kappa shape index (κ3) is 8.77. The fourth-order valence-corrected chi connectivity index (χ4v) is 5.89. The van der Waals surface area contributed by atoms with Crippen molar-refractivity contribution in [3.63, 3.8) is 0 Å². The van der Waals surface area contributed by atoms with Crippen LogP contribution in [0, 0.1) is 5.82 Å². The Kier molecular flexibility index (Phi) is 10.5. The van der Waals surface area contributed by atoms with Crippen molar-refractivity contribution in [2.75, 3.05) is 17.5 Å².